The molecule has 0 saturated carbocycles. The molecule has 0 aliphatic heterocycles. The summed E-state index contributed by atoms with van der Waals surface area (Å²) in [6.07, 6.45) is 88.1. The van der Waals surface area contributed by atoms with Crippen LogP contribution in [0.2, 0.25) is 0 Å². The molecule has 0 aromatic carbocycles. The molecule has 0 spiro atoms. The molecule has 0 aromatic rings. The molecule has 0 rings (SSSR count). The molecule has 1 unspecified atom stereocenters. The first-order chi connectivity index (χ1) is 37.5. The molecule has 6 heteroatoms. The van der Waals surface area contributed by atoms with Gasteiger partial charge in [-0.2, -0.15) is 0 Å². The highest BCUT2D eigenvalue weighted by molar-refractivity contribution is 5.71. The van der Waals surface area contributed by atoms with Crippen molar-refractivity contribution in [2.75, 3.05) is 13.2 Å². The molecule has 0 bridgehead atoms. The highest BCUT2D eigenvalue weighted by Crippen LogP contribution is 2.16. The third kappa shape index (κ3) is 60.7. The van der Waals surface area contributed by atoms with Crippen LogP contribution in [-0.2, 0) is 28.6 Å². The molecule has 0 aliphatic rings. The van der Waals surface area contributed by atoms with Crippen molar-refractivity contribution < 1.29 is 28.6 Å². The number of carbonyl (C=O) groups is 3. The fourth-order valence-corrected chi connectivity index (χ4v) is 8.52. The standard InChI is InChI=1S/C70H116O6/c1-4-7-10-13-16-19-22-24-25-26-27-28-29-30-31-32-33-34-35-36-37-38-39-40-41-42-43-44-45-47-48-51-54-57-60-63-69(72)75-66-67(65-74-68(71)62-59-56-53-50-21-18-15-12-9-6-3)76-70(73)64-61-58-55-52-49-46-23-20-17-14-11-8-5-2/h7-8,10-12,15-17,19-20,24-25,27-28,30-31,33-34,46,49,67H,4-6,9,13-14,18,21-23,26,29,32,35-45,47-48,50-66H2,1-3H3/b10-7-,11-8-,15-12-,19-16-,20-17-,25-24-,28-27-,31-30-,34-33-,49-46-. The Balaban J connectivity index is 4.08. The quantitative estimate of drug-likeness (QED) is 0.0261. The summed E-state index contributed by atoms with van der Waals surface area (Å²) < 4.78 is 16.8. The van der Waals surface area contributed by atoms with Gasteiger partial charge in [0.2, 0.25) is 0 Å². The van der Waals surface area contributed by atoms with E-state index < -0.39 is 6.10 Å². The van der Waals surface area contributed by atoms with Gasteiger partial charge in [-0.3, -0.25) is 14.4 Å². The smallest absolute Gasteiger partial charge is 0.306 e. The van der Waals surface area contributed by atoms with Crippen LogP contribution < -0.4 is 0 Å². The Bertz CT molecular complexity index is 1590. The predicted octanol–water partition coefficient (Wildman–Crippen LogP) is 21.6. The van der Waals surface area contributed by atoms with Gasteiger partial charge in [-0.05, 0) is 122 Å². The average Bonchev–Trinajstić information content (AvgIpc) is 3.42. The lowest BCUT2D eigenvalue weighted by Crippen LogP contribution is -2.30. The van der Waals surface area contributed by atoms with Crippen molar-refractivity contribution in [3.8, 4) is 0 Å². The molecule has 1 atom stereocenters. The Morgan fingerprint density at radius 2 is 0.513 bits per heavy atom. The van der Waals surface area contributed by atoms with Gasteiger partial charge in [0, 0.05) is 19.3 Å². The van der Waals surface area contributed by atoms with Crippen LogP contribution >= 0.6 is 0 Å². The Morgan fingerprint density at radius 3 is 0.829 bits per heavy atom. The van der Waals surface area contributed by atoms with Crippen molar-refractivity contribution >= 4 is 17.9 Å². The van der Waals surface area contributed by atoms with Gasteiger partial charge in [-0.1, -0.05) is 264 Å². The molecule has 0 aliphatic carbocycles. The number of allylic oxidation sites excluding steroid dienone is 20. The van der Waals surface area contributed by atoms with Gasteiger partial charge >= 0.3 is 17.9 Å². The summed E-state index contributed by atoms with van der Waals surface area (Å²) in [6, 6.07) is 0. The number of hydrogen-bond donors (Lipinski definition) is 0. The van der Waals surface area contributed by atoms with E-state index in [1.54, 1.807) is 0 Å². The zero-order chi connectivity index (χ0) is 55.0. The van der Waals surface area contributed by atoms with E-state index in [1.807, 2.05) is 0 Å². The monoisotopic (exact) mass is 1050 g/mol. The maximum Gasteiger partial charge on any atom is 0.306 e. The summed E-state index contributed by atoms with van der Waals surface area (Å²) in [7, 11) is 0. The predicted molar refractivity (Wildman–Crippen MR) is 330 cm³/mol. The van der Waals surface area contributed by atoms with E-state index in [-0.39, 0.29) is 31.1 Å². The van der Waals surface area contributed by atoms with Crippen molar-refractivity contribution in [1.82, 2.24) is 0 Å². The van der Waals surface area contributed by atoms with Crippen LogP contribution in [0, 0.1) is 0 Å². The first kappa shape index (κ1) is 71.8. The van der Waals surface area contributed by atoms with Crippen molar-refractivity contribution in [3.63, 3.8) is 0 Å². The van der Waals surface area contributed by atoms with Crippen molar-refractivity contribution in [2.45, 2.75) is 290 Å². The number of carbonyl (C=O) groups excluding carboxylic acids is 3. The Labute approximate surface area is 469 Å². The van der Waals surface area contributed by atoms with Gasteiger partial charge < -0.3 is 14.2 Å². The molecular weight excluding hydrogens is 937 g/mol. The van der Waals surface area contributed by atoms with Crippen LogP contribution in [-0.4, -0.2) is 37.2 Å². The average molecular weight is 1050 g/mol. The van der Waals surface area contributed by atoms with Crippen molar-refractivity contribution in [3.05, 3.63) is 122 Å². The zero-order valence-corrected chi connectivity index (χ0v) is 49.5. The lowest BCUT2D eigenvalue weighted by Gasteiger charge is -2.18. The van der Waals surface area contributed by atoms with E-state index >= 15 is 0 Å². The maximum absolute atomic E-state index is 12.8. The highest BCUT2D eigenvalue weighted by atomic mass is 16.6. The minimum Gasteiger partial charge on any atom is -0.462 e. The lowest BCUT2D eigenvalue weighted by molar-refractivity contribution is -0.167. The number of unbranched alkanes of at least 4 members (excludes halogenated alkanes) is 25. The Hall–Kier alpha value is -4.19. The second-order valence-electron chi connectivity index (χ2n) is 20.5. The van der Waals surface area contributed by atoms with E-state index in [0.717, 1.165) is 141 Å². The second-order valence-corrected chi connectivity index (χ2v) is 20.5. The van der Waals surface area contributed by atoms with Crippen LogP contribution in [0.1, 0.15) is 284 Å². The fourth-order valence-electron chi connectivity index (χ4n) is 8.52. The summed E-state index contributed by atoms with van der Waals surface area (Å²) in [4.78, 5) is 38.1. The maximum atomic E-state index is 12.8. The van der Waals surface area contributed by atoms with E-state index in [4.69, 9.17) is 14.2 Å². The lowest BCUT2D eigenvalue weighted by atomic mass is 10.0. The summed E-state index contributed by atoms with van der Waals surface area (Å²) in [5.74, 6) is -0.931. The summed E-state index contributed by atoms with van der Waals surface area (Å²) in [5, 5.41) is 0. The molecule has 0 amide bonds. The van der Waals surface area contributed by atoms with E-state index in [0.29, 0.717) is 19.3 Å². The van der Waals surface area contributed by atoms with Crippen molar-refractivity contribution in [1.29, 1.82) is 0 Å². The third-order valence-corrected chi connectivity index (χ3v) is 13.2. The number of hydrogen-bond acceptors (Lipinski definition) is 6. The molecule has 76 heavy (non-hydrogen) atoms. The normalized spacial score (nSPS) is 12.9. The Kier molecular flexibility index (Phi) is 59.9. The SMILES string of the molecule is CC/C=C\C/C=C\C/C=C\C/C=C\C/C=C\C/C=C\CCCCCCCCCCCCCCCCCCC(=O)OCC(COC(=O)CCCCCCC/C=C\CCC)OC(=O)CCCCC/C=C\C/C=C\C/C=C\CC. The summed E-state index contributed by atoms with van der Waals surface area (Å²) in [6.45, 7) is 6.32. The molecule has 0 heterocycles. The molecule has 0 N–H and O–H groups in total. The van der Waals surface area contributed by atoms with Crippen LogP contribution in [0.3, 0.4) is 0 Å². The molecule has 0 fully saturated rings. The van der Waals surface area contributed by atoms with E-state index in [2.05, 4.69) is 142 Å². The summed E-state index contributed by atoms with van der Waals surface area (Å²) >= 11 is 0. The molecule has 0 radical (unpaired) electrons. The number of ether oxygens (including phenoxy) is 3. The van der Waals surface area contributed by atoms with Gasteiger partial charge in [0.25, 0.3) is 0 Å². The van der Waals surface area contributed by atoms with E-state index in [9.17, 15) is 14.4 Å². The molecule has 6 nitrogen and oxygen atoms in total. The van der Waals surface area contributed by atoms with Gasteiger partial charge in [0.1, 0.15) is 13.2 Å². The molecule has 0 saturated heterocycles. The topological polar surface area (TPSA) is 78.9 Å². The first-order valence-corrected chi connectivity index (χ1v) is 31.5. The first-order valence-electron chi connectivity index (χ1n) is 31.5. The fraction of sp³-hybridized carbons (Fsp3) is 0.671. The van der Waals surface area contributed by atoms with Gasteiger partial charge in [-0.25, -0.2) is 0 Å². The highest BCUT2D eigenvalue weighted by Gasteiger charge is 2.19. The largest absolute Gasteiger partial charge is 0.462 e. The Morgan fingerprint density at radius 1 is 0.276 bits per heavy atom. The van der Waals surface area contributed by atoms with Crippen LogP contribution in [0.4, 0.5) is 0 Å². The number of esters is 3. The number of rotatable bonds is 56. The molecule has 0 aromatic heterocycles. The summed E-state index contributed by atoms with van der Waals surface area (Å²) in [5.41, 5.74) is 0. The van der Waals surface area contributed by atoms with Crippen LogP contribution in [0.15, 0.2) is 122 Å². The minimum atomic E-state index is -0.796. The third-order valence-electron chi connectivity index (χ3n) is 13.2. The van der Waals surface area contributed by atoms with E-state index in [1.165, 1.54) is 103 Å². The van der Waals surface area contributed by atoms with Gasteiger partial charge in [-0.15, -0.1) is 0 Å². The zero-order valence-electron chi connectivity index (χ0n) is 49.5. The molecule has 432 valence electrons. The van der Waals surface area contributed by atoms with Crippen molar-refractivity contribution in [2.24, 2.45) is 0 Å². The second kappa shape index (κ2) is 63.3. The minimum absolute atomic E-state index is 0.0923. The van der Waals surface area contributed by atoms with Gasteiger partial charge in [0.15, 0.2) is 6.10 Å². The van der Waals surface area contributed by atoms with Crippen LogP contribution in [0.25, 0.3) is 0 Å². The van der Waals surface area contributed by atoms with Crippen LogP contribution in [0.5, 0.6) is 0 Å². The molecular formula is C70H116O6. The van der Waals surface area contributed by atoms with Gasteiger partial charge in [0.05, 0.1) is 0 Å².